The average molecular weight is 398 g/mol. The summed E-state index contributed by atoms with van der Waals surface area (Å²) < 4.78 is 7.68. The van der Waals surface area contributed by atoms with Gasteiger partial charge in [-0.2, -0.15) is 0 Å². The lowest BCUT2D eigenvalue weighted by atomic mass is 10.1. The van der Waals surface area contributed by atoms with E-state index in [0.29, 0.717) is 17.5 Å². The topological polar surface area (TPSA) is 69.6 Å². The van der Waals surface area contributed by atoms with Gasteiger partial charge < -0.3 is 8.98 Å². The Balaban J connectivity index is 1.52. The molecule has 0 saturated carbocycles. The Morgan fingerprint density at radius 3 is 2.67 bits per heavy atom. The normalized spacial score (nSPS) is 11.1. The SMILES string of the molecule is Cc1nnc(CSc2nnc(Cc3cccs3)n2CCc2ccccc2)o1. The number of aryl methyl sites for hydroxylation is 2. The van der Waals surface area contributed by atoms with Crippen molar-refractivity contribution in [1.29, 1.82) is 0 Å². The Bertz CT molecular complexity index is 979. The molecule has 0 aliphatic heterocycles. The summed E-state index contributed by atoms with van der Waals surface area (Å²) >= 11 is 3.32. The number of benzene rings is 1. The van der Waals surface area contributed by atoms with Crippen molar-refractivity contribution >= 4 is 23.1 Å². The van der Waals surface area contributed by atoms with Crippen LogP contribution < -0.4 is 0 Å². The molecule has 27 heavy (non-hydrogen) atoms. The fourth-order valence-electron chi connectivity index (χ4n) is 2.76. The van der Waals surface area contributed by atoms with Crippen LogP contribution in [-0.4, -0.2) is 25.0 Å². The molecule has 1 aromatic carbocycles. The molecule has 0 radical (unpaired) electrons. The first-order valence-corrected chi connectivity index (χ1v) is 10.5. The second kappa shape index (κ2) is 8.49. The number of thioether (sulfide) groups is 1. The van der Waals surface area contributed by atoms with Gasteiger partial charge in [-0.15, -0.1) is 31.7 Å². The fourth-order valence-corrected chi connectivity index (χ4v) is 4.28. The molecule has 0 N–H and O–H groups in total. The maximum absolute atomic E-state index is 5.47. The molecule has 138 valence electrons. The lowest BCUT2D eigenvalue weighted by Gasteiger charge is -2.09. The number of hydrogen-bond donors (Lipinski definition) is 0. The van der Waals surface area contributed by atoms with Crippen molar-refractivity contribution in [2.24, 2.45) is 0 Å². The Morgan fingerprint density at radius 1 is 1.04 bits per heavy atom. The molecule has 4 rings (SSSR count). The molecule has 3 aromatic heterocycles. The molecule has 0 unspecified atom stereocenters. The van der Waals surface area contributed by atoms with Crippen molar-refractivity contribution in [2.75, 3.05) is 0 Å². The zero-order valence-electron chi connectivity index (χ0n) is 14.9. The number of thiophene rings is 1. The van der Waals surface area contributed by atoms with Crippen LogP contribution in [0.25, 0.3) is 0 Å². The van der Waals surface area contributed by atoms with E-state index in [2.05, 4.69) is 66.7 Å². The minimum absolute atomic E-state index is 0.578. The Hall–Kier alpha value is -2.45. The summed E-state index contributed by atoms with van der Waals surface area (Å²) in [4.78, 5) is 1.28. The van der Waals surface area contributed by atoms with Gasteiger partial charge in [0, 0.05) is 24.8 Å². The van der Waals surface area contributed by atoms with Crippen molar-refractivity contribution in [3.05, 3.63) is 75.9 Å². The van der Waals surface area contributed by atoms with Crippen LogP contribution in [-0.2, 0) is 25.1 Å². The largest absolute Gasteiger partial charge is 0.425 e. The predicted molar refractivity (Wildman–Crippen MR) is 106 cm³/mol. The van der Waals surface area contributed by atoms with Crippen molar-refractivity contribution < 1.29 is 4.42 Å². The molecule has 0 aliphatic rings. The van der Waals surface area contributed by atoms with Crippen molar-refractivity contribution in [3.8, 4) is 0 Å². The Morgan fingerprint density at radius 2 is 1.93 bits per heavy atom. The molecule has 0 amide bonds. The van der Waals surface area contributed by atoms with Gasteiger partial charge in [-0.25, -0.2) is 0 Å². The van der Waals surface area contributed by atoms with E-state index in [9.17, 15) is 0 Å². The van der Waals surface area contributed by atoms with E-state index in [4.69, 9.17) is 4.42 Å². The predicted octanol–water partition coefficient (Wildman–Crippen LogP) is 4.16. The zero-order chi connectivity index (χ0) is 18.5. The highest BCUT2D eigenvalue weighted by Gasteiger charge is 2.15. The van der Waals surface area contributed by atoms with Crippen molar-refractivity contribution in [3.63, 3.8) is 0 Å². The van der Waals surface area contributed by atoms with E-state index in [1.54, 1.807) is 30.0 Å². The molecular formula is C19H19N5OS2. The first-order valence-electron chi connectivity index (χ1n) is 8.68. The summed E-state index contributed by atoms with van der Waals surface area (Å²) in [7, 11) is 0. The molecule has 0 aliphatic carbocycles. The highest BCUT2D eigenvalue weighted by atomic mass is 32.2. The molecule has 0 atom stereocenters. The maximum atomic E-state index is 5.47. The third-order valence-corrected chi connectivity index (χ3v) is 5.89. The highest BCUT2D eigenvalue weighted by molar-refractivity contribution is 7.98. The third kappa shape index (κ3) is 4.64. The van der Waals surface area contributed by atoms with E-state index < -0.39 is 0 Å². The summed E-state index contributed by atoms with van der Waals surface area (Å²) in [5.41, 5.74) is 1.30. The van der Waals surface area contributed by atoms with Gasteiger partial charge in [-0.1, -0.05) is 48.2 Å². The standard InChI is InChI=1S/C19H19N5OS2/c1-14-20-22-18(25-14)13-27-19-23-21-17(12-16-8-5-11-26-16)24(19)10-9-15-6-3-2-4-7-15/h2-8,11H,9-10,12-13H2,1H3. The van der Waals surface area contributed by atoms with Crippen LogP contribution in [0.15, 0.2) is 57.4 Å². The van der Waals surface area contributed by atoms with Gasteiger partial charge in [-0.3, -0.25) is 0 Å². The van der Waals surface area contributed by atoms with Gasteiger partial charge in [0.25, 0.3) is 0 Å². The maximum Gasteiger partial charge on any atom is 0.226 e. The van der Waals surface area contributed by atoms with Gasteiger partial charge in [-0.05, 0) is 23.4 Å². The quantitative estimate of drug-likeness (QED) is 0.416. The molecule has 6 nitrogen and oxygen atoms in total. The first-order chi connectivity index (χ1) is 13.3. The molecule has 8 heteroatoms. The van der Waals surface area contributed by atoms with E-state index in [1.807, 2.05) is 6.07 Å². The van der Waals surface area contributed by atoms with Crippen LogP contribution in [0.4, 0.5) is 0 Å². The van der Waals surface area contributed by atoms with Gasteiger partial charge in [0.2, 0.25) is 11.8 Å². The number of nitrogens with zero attached hydrogens (tertiary/aromatic N) is 5. The van der Waals surface area contributed by atoms with Gasteiger partial charge in [0.15, 0.2) is 5.16 Å². The number of aromatic nitrogens is 5. The van der Waals surface area contributed by atoms with Crippen molar-refractivity contribution in [2.45, 2.75) is 37.2 Å². The number of rotatable bonds is 8. The summed E-state index contributed by atoms with van der Waals surface area (Å²) in [6.45, 7) is 2.63. The molecule has 4 aromatic rings. The van der Waals surface area contributed by atoms with E-state index >= 15 is 0 Å². The van der Waals surface area contributed by atoms with Crippen LogP contribution in [0.5, 0.6) is 0 Å². The van der Waals surface area contributed by atoms with E-state index in [-0.39, 0.29) is 0 Å². The number of hydrogen-bond acceptors (Lipinski definition) is 7. The summed E-state index contributed by atoms with van der Waals surface area (Å²) in [6, 6.07) is 14.7. The van der Waals surface area contributed by atoms with Crippen LogP contribution in [0, 0.1) is 6.92 Å². The molecule has 0 spiro atoms. The summed E-state index contributed by atoms with van der Waals surface area (Å²) in [6.07, 6.45) is 1.73. The second-order valence-corrected chi connectivity index (χ2v) is 8.02. The van der Waals surface area contributed by atoms with Crippen LogP contribution in [0.3, 0.4) is 0 Å². The Labute approximate surface area is 165 Å². The lowest BCUT2D eigenvalue weighted by Crippen LogP contribution is -2.08. The second-order valence-electron chi connectivity index (χ2n) is 6.05. The van der Waals surface area contributed by atoms with Crippen LogP contribution in [0.2, 0.25) is 0 Å². The summed E-state index contributed by atoms with van der Waals surface area (Å²) in [5, 5.41) is 19.8. The first kappa shape index (κ1) is 17.9. The van der Waals surface area contributed by atoms with Crippen LogP contribution in [0.1, 0.15) is 28.0 Å². The molecule has 0 fully saturated rings. The monoisotopic (exact) mass is 397 g/mol. The third-order valence-electron chi connectivity index (χ3n) is 4.07. The molecule has 0 bridgehead atoms. The highest BCUT2D eigenvalue weighted by Crippen LogP contribution is 2.24. The van der Waals surface area contributed by atoms with Crippen molar-refractivity contribution in [1.82, 2.24) is 25.0 Å². The van der Waals surface area contributed by atoms with E-state index in [0.717, 1.165) is 30.4 Å². The minimum atomic E-state index is 0.578. The Kier molecular flexibility index (Phi) is 5.64. The van der Waals surface area contributed by atoms with Gasteiger partial charge in [0.05, 0.1) is 5.75 Å². The zero-order valence-corrected chi connectivity index (χ0v) is 16.5. The molecular weight excluding hydrogens is 378 g/mol. The summed E-state index contributed by atoms with van der Waals surface area (Å²) in [5.74, 6) is 2.76. The fraction of sp³-hybridized carbons (Fsp3) is 0.263. The smallest absolute Gasteiger partial charge is 0.226 e. The van der Waals surface area contributed by atoms with Gasteiger partial charge in [0.1, 0.15) is 5.82 Å². The minimum Gasteiger partial charge on any atom is -0.425 e. The lowest BCUT2D eigenvalue weighted by molar-refractivity contribution is 0.485. The van der Waals surface area contributed by atoms with Gasteiger partial charge >= 0.3 is 0 Å². The molecule has 0 saturated heterocycles. The average Bonchev–Trinajstić information content (AvgIpc) is 3.42. The molecule has 3 heterocycles. The van der Waals surface area contributed by atoms with Crippen LogP contribution >= 0.6 is 23.1 Å². The van der Waals surface area contributed by atoms with E-state index in [1.165, 1.54) is 10.4 Å².